The monoisotopic (exact) mass is 549 g/mol. The molecule has 4 aromatic rings. The number of ether oxygens (including phenoxy) is 2. The van der Waals surface area contributed by atoms with Crippen molar-refractivity contribution in [3.05, 3.63) is 81.0 Å². The van der Waals surface area contributed by atoms with Crippen LogP contribution in [-0.2, 0) is 29.1 Å². The molecule has 5 rings (SSSR count). The Balaban J connectivity index is 1.53. The average Bonchev–Trinajstić information content (AvgIpc) is 3.30. The largest absolute Gasteiger partial charge is 0.497 e. The van der Waals surface area contributed by atoms with Crippen LogP contribution in [0.3, 0.4) is 0 Å². The minimum atomic E-state index is -0.462. The zero-order chi connectivity index (χ0) is 26.8. The van der Waals surface area contributed by atoms with E-state index in [-0.39, 0.29) is 17.6 Å². The van der Waals surface area contributed by atoms with Gasteiger partial charge in [-0.15, -0.1) is 11.3 Å². The first-order chi connectivity index (χ1) is 18.4. The lowest BCUT2D eigenvalue weighted by Crippen LogP contribution is -2.31. The topological polar surface area (TPSA) is 82.5 Å². The number of benzene rings is 2. The number of carbonyl (C=O) groups excluding carboxylic acids is 1. The van der Waals surface area contributed by atoms with E-state index in [9.17, 15) is 9.59 Å². The molecule has 0 aliphatic carbocycles. The summed E-state index contributed by atoms with van der Waals surface area (Å²) in [5, 5.41) is 3.67. The van der Waals surface area contributed by atoms with E-state index < -0.39 is 5.25 Å². The van der Waals surface area contributed by atoms with Crippen molar-refractivity contribution in [3.8, 4) is 11.4 Å². The summed E-state index contributed by atoms with van der Waals surface area (Å²) < 4.78 is 13.0. The number of thioether (sulfide) groups is 1. The molecular formula is C29H31N3O4S2. The van der Waals surface area contributed by atoms with Gasteiger partial charge < -0.3 is 14.8 Å². The van der Waals surface area contributed by atoms with Gasteiger partial charge in [0.1, 0.15) is 10.6 Å². The molecule has 2 aromatic heterocycles. The van der Waals surface area contributed by atoms with Gasteiger partial charge in [0, 0.05) is 17.8 Å². The maximum absolute atomic E-state index is 14.1. The van der Waals surface area contributed by atoms with Gasteiger partial charge in [0.15, 0.2) is 5.16 Å². The highest BCUT2D eigenvalue weighted by molar-refractivity contribution is 8.00. The van der Waals surface area contributed by atoms with Crippen LogP contribution in [0.1, 0.15) is 36.8 Å². The molecule has 0 saturated carbocycles. The fraction of sp³-hybridized carbons (Fsp3) is 0.345. The van der Waals surface area contributed by atoms with Crippen LogP contribution in [0.4, 0.5) is 0 Å². The van der Waals surface area contributed by atoms with Crippen molar-refractivity contribution >= 4 is 39.2 Å². The summed E-state index contributed by atoms with van der Waals surface area (Å²) in [5.41, 5.74) is 2.62. The van der Waals surface area contributed by atoms with Crippen LogP contribution in [0.15, 0.2) is 64.5 Å². The molecule has 0 bridgehead atoms. The predicted molar refractivity (Wildman–Crippen MR) is 152 cm³/mol. The minimum Gasteiger partial charge on any atom is -0.497 e. The summed E-state index contributed by atoms with van der Waals surface area (Å²) in [5.74, 6) is 0.927. The Hall–Kier alpha value is -3.14. The quantitative estimate of drug-likeness (QED) is 0.236. The van der Waals surface area contributed by atoms with Gasteiger partial charge in [0.05, 0.1) is 36.1 Å². The summed E-state index contributed by atoms with van der Waals surface area (Å²) in [4.78, 5) is 33.8. The summed E-state index contributed by atoms with van der Waals surface area (Å²) >= 11 is 2.79. The second kappa shape index (κ2) is 11.3. The zero-order valence-corrected chi connectivity index (χ0v) is 23.5. The van der Waals surface area contributed by atoms with Crippen LogP contribution >= 0.6 is 23.1 Å². The Morgan fingerprint density at radius 3 is 2.61 bits per heavy atom. The normalized spacial score (nSPS) is 15.9. The number of rotatable bonds is 8. The molecule has 0 saturated heterocycles. The van der Waals surface area contributed by atoms with Crippen LogP contribution in [-0.4, -0.2) is 33.9 Å². The lowest BCUT2D eigenvalue weighted by molar-refractivity contribution is -0.120. The van der Waals surface area contributed by atoms with Crippen molar-refractivity contribution < 1.29 is 14.3 Å². The third-order valence-corrected chi connectivity index (χ3v) is 8.90. The first kappa shape index (κ1) is 26.5. The van der Waals surface area contributed by atoms with Gasteiger partial charge in [-0.3, -0.25) is 14.2 Å². The molecule has 0 unspecified atom stereocenters. The number of methoxy groups -OCH3 is 1. The van der Waals surface area contributed by atoms with Gasteiger partial charge in [-0.05, 0) is 48.2 Å². The SMILES string of the molecule is COc1ccc(-n2c(S[C@@H](C)C(=O)NCc3ccccc3)nc3sc4c(c3c2=O)C[C@@H](C(C)C)OC4)cc1. The number of amides is 1. The lowest BCUT2D eigenvalue weighted by atomic mass is 9.96. The molecule has 1 N–H and O–H groups in total. The molecule has 38 heavy (non-hydrogen) atoms. The van der Waals surface area contributed by atoms with Crippen molar-refractivity contribution in [2.45, 2.75) is 56.9 Å². The molecule has 1 aliphatic heterocycles. The van der Waals surface area contributed by atoms with Crippen LogP contribution in [0.2, 0.25) is 0 Å². The summed E-state index contributed by atoms with van der Waals surface area (Å²) in [6.45, 7) is 7.04. The van der Waals surface area contributed by atoms with Gasteiger partial charge >= 0.3 is 0 Å². The summed E-state index contributed by atoms with van der Waals surface area (Å²) in [7, 11) is 1.61. The van der Waals surface area contributed by atoms with E-state index in [1.807, 2.05) is 61.5 Å². The Bertz CT molecular complexity index is 1500. The average molecular weight is 550 g/mol. The first-order valence-corrected chi connectivity index (χ1v) is 14.4. The Labute approximate surface area is 230 Å². The fourth-order valence-electron chi connectivity index (χ4n) is 4.51. The molecule has 9 heteroatoms. The van der Waals surface area contributed by atoms with E-state index in [1.54, 1.807) is 11.7 Å². The van der Waals surface area contributed by atoms with Crippen LogP contribution in [0.5, 0.6) is 5.75 Å². The number of thiophene rings is 1. The molecule has 0 spiro atoms. The van der Waals surface area contributed by atoms with E-state index in [2.05, 4.69) is 19.2 Å². The van der Waals surface area contributed by atoms with E-state index in [0.29, 0.717) is 52.3 Å². The van der Waals surface area contributed by atoms with Crippen LogP contribution < -0.4 is 15.6 Å². The predicted octanol–water partition coefficient (Wildman–Crippen LogP) is 5.35. The minimum absolute atomic E-state index is 0.0662. The van der Waals surface area contributed by atoms with Crippen molar-refractivity contribution in [3.63, 3.8) is 0 Å². The lowest BCUT2D eigenvalue weighted by Gasteiger charge is -2.26. The van der Waals surface area contributed by atoms with Crippen LogP contribution in [0, 0.1) is 5.92 Å². The van der Waals surface area contributed by atoms with E-state index in [4.69, 9.17) is 14.5 Å². The molecule has 2 aromatic carbocycles. The number of carbonyl (C=O) groups is 1. The highest BCUT2D eigenvalue weighted by Crippen LogP contribution is 2.37. The van der Waals surface area contributed by atoms with E-state index in [1.165, 1.54) is 23.1 Å². The molecule has 7 nitrogen and oxygen atoms in total. The third-order valence-electron chi connectivity index (χ3n) is 6.75. The third kappa shape index (κ3) is 5.36. The molecular weight excluding hydrogens is 518 g/mol. The molecule has 2 atom stereocenters. The second-order valence-corrected chi connectivity index (χ2v) is 12.1. The smallest absolute Gasteiger partial charge is 0.267 e. The Morgan fingerprint density at radius 2 is 1.92 bits per heavy atom. The summed E-state index contributed by atoms with van der Waals surface area (Å²) in [6, 6.07) is 17.1. The summed E-state index contributed by atoms with van der Waals surface area (Å²) in [6.07, 6.45) is 0.758. The van der Waals surface area contributed by atoms with Gasteiger partial charge in [-0.2, -0.15) is 0 Å². The standard InChI is InChI=1S/C29H31N3O4S2/c1-17(2)23-14-22-24(16-36-23)38-27-25(22)28(34)32(20-10-12-21(35-4)13-11-20)29(31-27)37-18(3)26(33)30-15-19-8-6-5-7-9-19/h5-13,17-18,23H,14-16H2,1-4H3,(H,30,33)/t18-,23-/m0/s1. The molecule has 198 valence electrons. The second-order valence-electron chi connectivity index (χ2n) is 9.68. The fourth-order valence-corrected chi connectivity index (χ4v) is 6.63. The number of hydrogen-bond acceptors (Lipinski definition) is 7. The Morgan fingerprint density at radius 1 is 1.18 bits per heavy atom. The molecule has 0 radical (unpaired) electrons. The van der Waals surface area contributed by atoms with Crippen molar-refractivity contribution in [1.29, 1.82) is 0 Å². The first-order valence-electron chi connectivity index (χ1n) is 12.7. The number of nitrogens with one attached hydrogen (secondary N) is 1. The van der Waals surface area contributed by atoms with Crippen molar-refractivity contribution in [2.75, 3.05) is 7.11 Å². The highest BCUT2D eigenvalue weighted by Gasteiger charge is 2.29. The number of fused-ring (bicyclic) bond motifs is 3. The number of hydrogen-bond donors (Lipinski definition) is 1. The molecule has 0 fully saturated rings. The van der Waals surface area contributed by atoms with Gasteiger partial charge in [-0.1, -0.05) is 55.9 Å². The van der Waals surface area contributed by atoms with Gasteiger partial charge in [0.25, 0.3) is 5.56 Å². The molecule has 1 aliphatic rings. The maximum atomic E-state index is 14.1. The van der Waals surface area contributed by atoms with Crippen molar-refractivity contribution in [1.82, 2.24) is 14.9 Å². The Kier molecular flexibility index (Phi) is 7.88. The van der Waals surface area contributed by atoms with E-state index >= 15 is 0 Å². The van der Waals surface area contributed by atoms with Gasteiger partial charge in [-0.25, -0.2) is 4.98 Å². The number of aromatic nitrogens is 2. The molecule has 1 amide bonds. The molecule has 3 heterocycles. The van der Waals surface area contributed by atoms with Gasteiger partial charge in [0.2, 0.25) is 5.91 Å². The van der Waals surface area contributed by atoms with E-state index in [0.717, 1.165) is 16.0 Å². The van der Waals surface area contributed by atoms with Crippen molar-refractivity contribution in [2.24, 2.45) is 5.92 Å². The highest BCUT2D eigenvalue weighted by atomic mass is 32.2. The number of nitrogens with zero attached hydrogens (tertiary/aromatic N) is 2. The maximum Gasteiger partial charge on any atom is 0.267 e. The zero-order valence-electron chi connectivity index (χ0n) is 21.9. The van der Waals surface area contributed by atoms with Crippen LogP contribution in [0.25, 0.3) is 15.9 Å².